The number of carboxylic acid groups (broad SMARTS) is 1. The Morgan fingerprint density at radius 1 is 1.50 bits per heavy atom. The van der Waals surface area contributed by atoms with E-state index in [9.17, 15) is 9.59 Å². The van der Waals surface area contributed by atoms with Crippen LogP contribution in [0.4, 0.5) is 0 Å². The molecule has 16 heavy (non-hydrogen) atoms. The molecule has 1 N–H and O–H groups in total. The number of halogens is 1. The average Bonchev–Trinajstić information content (AvgIpc) is 2.24. The first kappa shape index (κ1) is 12.7. The third kappa shape index (κ3) is 3.34. The van der Waals surface area contributed by atoms with E-state index in [2.05, 4.69) is 20.7 Å². The van der Waals surface area contributed by atoms with Crippen LogP contribution in [0.3, 0.4) is 0 Å². The highest BCUT2D eigenvalue weighted by molar-refractivity contribution is 9.10. The highest BCUT2D eigenvalue weighted by Crippen LogP contribution is 2.16. The van der Waals surface area contributed by atoms with Gasteiger partial charge in [0.2, 0.25) is 0 Å². The van der Waals surface area contributed by atoms with Gasteiger partial charge in [0.15, 0.2) is 5.92 Å². The average molecular weight is 287 g/mol. The maximum absolute atomic E-state index is 11.2. The molecule has 0 saturated carbocycles. The van der Waals surface area contributed by atoms with Gasteiger partial charge < -0.3 is 9.84 Å². The number of carboxylic acids is 1. The molecule has 86 valence electrons. The maximum atomic E-state index is 11.2. The molecule has 0 aliphatic carbocycles. The molecular weight excluding hydrogens is 276 g/mol. The van der Waals surface area contributed by atoms with Crippen molar-refractivity contribution >= 4 is 27.9 Å². The maximum Gasteiger partial charge on any atom is 0.320 e. The first-order chi connectivity index (χ1) is 7.54. The topological polar surface area (TPSA) is 63.6 Å². The zero-order valence-corrected chi connectivity index (χ0v) is 10.2. The van der Waals surface area contributed by atoms with E-state index in [1.807, 2.05) is 6.07 Å². The smallest absolute Gasteiger partial charge is 0.320 e. The number of benzene rings is 1. The summed E-state index contributed by atoms with van der Waals surface area (Å²) in [7, 11) is 1.18. The van der Waals surface area contributed by atoms with Crippen LogP contribution >= 0.6 is 15.9 Å². The molecule has 0 saturated heterocycles. The summed E-state index contributed by atoms with van der Waals surface area (Å²) in [5, 5.41) is 8.89. The number of hydrogen-bond donors (Lipinski definition) is 1. The SMILES string of the molecule is COC(=O)C(Cc1cccc(Br)c1)C(=O)O. The first-order valence-electron chi connectivity index (χ1n) is 4.59. The van der Waals surface area contributed by atoms with Crippen LogP contribution in [0.5, 0.6) is 0 Å². The molecule has 4 nitrogen and oxygen atoms in total. The van der Waals surface area contributed by atoms with E-state index in [-0.39, 0.29) is 6.42 Å². The fourth-order valence-corrected chi connectivity index (χ4v) is 1.76. The van der Waals surface area contributed by atoms with E-state index < -0.39 is 17.9 Å². The molecular formula is C11H11BrO4. The lowest BCUT2D eigenvalue weighted by molar-refractivity contribution is -0.156. The van der Waals surface area contributed by atoms with Crippen LogP contribution in [-0.2, 0) is 20.7 Å². The Bertz CT molecular complexity index is 403. The molecule has 1 rings (SSSR count). The highest BCUT2D eigenvalue weighted by Gasteiger charge is 2.27. The van der Waals surface area contributed by atoms with Crippen molar-refractivity contribution in [1.29, 1.82) is 0 Å². The van der Waals surface area contributed by atoms with Crippen LogP contribution in [0.1, 0.15) is 5.56 Å². The minimum Gasteiger partial charge on any atom is -0.481 e. The van der Waals surface area contributed by atoms with Crippen LogP contribution in [0.2, 0.25) is 0 Å². The molecule has 5 heteroatoms. The lowest BCUT2D eigenvalue weighted by Gasteiger charge is -2.09. The van der Waals surface area contributed by atoms with Gasteiger partial charge in [0.05, 0.1) is 7.11 Å². The van der Waals surface area contributed by atoms with Gasteiger partial charge in [-0.05, 0) is 24.1 Å². The van der Waals surface area contributed by atoms with Crippen molar-refractivity contribution in [2.45, 2.75) is 6.42 Å². The van der Waals surface area contributed by atoms with Gasteiger partial charge in [-0.1, -0.05) is 28.1 Å². The van der Waals surface area contributed by atoms with Gasteiger partial charge >= 0.3 is 11.9 Å². The third-order valence-corrected chi connectivity index (χ3v) is 2.61. The Hall–Kier alpha value is -1.36. The molecule has 1 atom stereocenters. The molecule has 0 aromatic heterocycles. The van der Waals surface area contributed by atoms with Gasteiger partial charge in [-0.3, -0.25) is 9.59 Å². The van der Waals surface area contributed by atoms with Crippen molar-refractivity contribution in [3.05, 3.63) is 34.3 Å². The molecule has 1 aromatic carbocycles. The molecule has 1 aromatic rings. The number of carbonyl (C=O) groups excluding carboxylic acids is 1. The minimum atomic E-state index is -1.17. The second-order valence-electron chi connectivity index (χ2n) is 3.25. The van der Waals surface area contributed by atoms with Crippen molar-refractivity contribution in [2.75, 3.05) is 7.11 Å². The second kappa shape index (κ2) is 5.65. The lowest BCUT2D eigenvalue weighted by Crippen LogP contribution is -2.27. The van der Waals surface area contributed by atoms with Crippen LogP contribution in [-0.4, -0.2) is 24.2 Å². The summed E-state index contributed by atoms with van der Waals surface area (Å²) in [6.07, 6.45) is 0.126. The minimum absolute atomic E-state index is 0.126. The van der Waals surface area contributed by atoms with E-state index in [0.29, 0.717) is 0 Å². The molecule has 0 fully saturated rings. The molecule has 0 radical (unpaired) electrons. The van der Waals surface area contributed by atoms with Gasteiger partial charge in [-0.15, -0.1) is 0 Å². The summed E-state index contributed by atoms with van der Waals surface area (Å²) in [4.78, 5) is 22.1. The molecule has 0 aliphatic rings. The highest BCUT2D eigenvalue weighted by atomic mass is 79.9. The standard InChI is InChI=1S/C11H11BrO4/c1-16-11(15)9(10(13)14)6-7-3-2-4-8(12)5-7/h2-5,9H,6H2,1H3,(H,13,14). The Labute approximate surface area is 101 Å². The Morgan fingerprint density at radius 2 is 2.19 bits per heavy atom. The quantitative estimate of drug-likeness (QED) is 0.678. The van der Waals surface area contributed by atoms with Gasteiger partial charge in [-0.2, -0.15) is 0 Å². The van der Waals surface area contributed by atoms with Crippen molar-refractivity contribution in [2.24, 2.45) is 5.92 Å². The molecule has 0 amide bonds. The number of hydrogen-bond acceptors (Lipinski definition) is 3. The summed E-state index contributed by atoms with van der Waals surface area (Å²) in [5.41, 5.74) is 0.771. The fraction of sp³-hybridized carbons (Fsp3) is 0.273. The summed E-state index contributed by atoms with van der Waals surface area (Å²) in [5.74, 6) is -3.06. The number of esters is 1. The Kier molecular flexibility index (Phi) is 4.49. The number of aliphatic carboxylic acids is 1. The molecule has 0 heterocycles. The van der Waals surface area contributed by atoms with E-state index >= 15 is 0 Å². The second-order valence-corrected chi connectivity index (χ2v) is 4.16. The zero-order chi connectivity index (χ0) is 12.1. The van der Waals surface area contributed by atoms with Crippen molar-refractivity contribution in [3.8, 4) is 0 Å². The summed E-state index contributed by atoms with van der Waals surface area (Å²) < 4.78 is 5.29. The Morgan fingerprint density at radius 3 is 2.69 bits per heavy atom. The first-order valence-corrected chi connectivity index (χ1v) is 5.39. The summed E-state index contributed by atoms with van der Waals surface area (Å²) >= 11 is 3.28. The van der Waals surface area contributed by atoms with Gasteiger partial charge in [0.1, 0.15) is 0 Å². The lowest BCUT2D eigenvalue weighted by atomic mass is 10.00. The van der Waals surface area contributed by atoms with Crippen LogP contribution < -0.4 is 0 Å². The number of ether oxygens (including phenoxy) is 1. The zero-order valence-electron chi connectivity index (χ0n) is 8.64. The molecule has 0 aliphatic heterocycles. The number of carbonyl (C=O) groups is 2. The predicted molar refractivity (Wildman–Crippen MR) is 61.0 cm³/mol. The number of methoxy groups -OCH3 is 1. The van der Waals surface area contributed by atoms with E-state index in [0.717, 1.165) is 10.0 Å². The number of rotatable bonds is 4. The van der Waals surface area contributed by atoms with E-state index in [1.54, 1.807) is 18.2 Å². The van der Waals surface area contributed by atoms with Crippen LogP contribution in [0, 0.1) is 5.92 Å². The van der Waals surface area contributed by atoms with Crippen molar-refractivity contribution in [3.63, 3.8) is 0 Å². The van der Waals surface area contributed by atoms with E-state index in [1.165, 1.54) is 7.11 Å². The third-order valence-electron chi connectivity index (χ3n) is 2.11. The normalized spacial score (nSPS) is 11.9. The largest absolute Gasteiger partial charge is 0.481 e. The fourth-order valence-electron chi connectivity index (χ4n) is 1.31. The predicted octanol–water partition coefficient (Wildman–Crippen LogP) is 1.87. The summed E-state index contributed by atoms with van der Waals surface area (Å²) in [6, 6.07) is 7.16. The van der Waals surface area contributed by atoms with Gasteiger partial charge in [0.25, 0.3) is 0 Å². The van der Waals surface area contributed by atoms with Gasteiger partial charge in [0, 0.05) is 4.47 Å². The molecule has 0 bridgehead atoms. The van der Waals surface area contributed by atoms with Crippen LogP contribution in [0.25, 0.3) is 0 Å². The summed E-state index contributed by atoms with van der Waals surface area (Å²) in [6.45, 7) is 0. The molecule has 1 unspecified atom stereocenters. The van der Waals surface area contributed by atoms with E-state index in [4.69, 9.17) is 5.11 Å². The monoisotopic (exact) mass is 286 g/mol. The van der Waals surface area contributed by atoms with Crippen molar-refractivity contribution < 1.29 is 19.4 Å². The van der Waals surface area contributed by atoms with Gasteiger partial charge in [-0.25, -0.2) is 0 Å². The Balaban J connectivity index is 2.84. The molecule has 0 spiro atoms. The van der Waals surface area contributed by atoms with Crippen molar-refractivity contribution in [1.82, 2.24) is 0 Å². The van der Waals surface area contributed by atoms with Crippen LogP contribution in [0.15, 0.2) is 28.7 Å².